The van der Waals surface area contributed by atoms with Crippen molar-refractivity contribution < 1.29 is 19.1 Å². The predicted octanol–water partition coefficient (Wildman–Crippen LogP) is 0.350. The number of carbonyl (C=O) groups is 3. The van der Waals surface area contributed by atoms with Crippen molar-refractivity contribution in [3.8, 4) is 0 Å². The molecule has 2 heterocycles. The number of aromatic nitrogens is 2. The normalized spacial score (nSPS) is 14.9. The minimum atomic E-state index is -1.06. The summed E-state index contributed by atoms with van der Waals surface area (Å²) in [6.45, 7) is 2.06. The van der Waals surface area contributed by atoms with Gasteiger partial charge in [0, 0.05) is 26.6 Å². The Morgan fingerprint density at radius 3 is 2.74 bits per heavy atom. The van der Waals surface area contributed by atoms with Crippen molar-refractivity contribution in [1.82, 2.24) is 19.8 Å². The predicted molar refractivity (Wildman–Crippen MR) is 96.0 cm³/mol. The van der Waals surface area contributed by atoms with Crippen molar-refractivity contribution in [2.24, 2.45) is 7.05 Å². The van der Waals surface area contributed by atoms with Crippen molar-refractivity contribution in [2.75, 3.05) is 13.1 Å². The molecule has 0 bridgehead atoms. The van der Waals surface area contributed by atoms with Crippen LogP contribution >= 0.6 is 0 Å². The molecule has 142 valence electrons. The molecule has 1 saturated heterocycles. The monoisotopic (exact) mass is 372 g/mol. The van der Waals surface area contributed by atoms with Gasteiger partial charge in [-0.25, -0.2) is 9.78 Å². The number of benzene rings is 1. The van der Waals surface area contributed by atoms with Crippen LogP contribution < -0.4 is 10.9 Å². The van der Waals surface area contributed by atoms with Crippen LogP contribution in [0.3, 0.4) is 0 Å². The Morgan fingerprint density at radius 2 is 2.04 bits per heavy atom. The number of hydrogen-bond acceptors (Lipinski definition) is 6. The first-order valence-corrected chi connectivity index (χ1v) is 8.62. The van der Waals surface area contributed by atoms with Crippen molar-refractivity contribution in [3.63, 3.8) is 0 Å². The number of carbonyl (C=O) groups excluding carboxylic acids is 3. The van der Waals surface area contributed by atoms with Gasteiger partial charge in [-0.2, -0.15) is 0 Å². The number of fused-ring (bicyclic) bond motifs is 1. The van der Waals surface area contributed by atoms with Gasteiger partial charge in [-0.3, -0.25) is 23.9 Å². The topological polar surface area (TPSA) is 111 Å². The first kappa shape index (κ1) is 18.6. The highest BCUT2D eigenvalue weighted by Crippen LogP contribution is 2.10. The fourth-order valence-electron chi connectivity index (χ4n) is 2.91. The Bertz CT molecular complexity index is 968. The van der Waals surface area contributed by atoms with E-state index in [1.165, 1.54) is 11.5 Å². The lowest BCUT2D eigenvalue weighted by molar-refractivity contribution is -0.157. The molecular formula is C18H20N4O5. The van der Waals surface area contributed by atoms with E-state index in [2.05, 4.69) is 10.3 Å². The summed E-state index contributed by atoms with van der Waals surface area (Å²) in [6, 6.07) is 6.50. The van der Waals surface area contributed by atoms with E-state index in [0.717, 1.165) is 4.90 Å². The molecule has 0 radical (unpaired) electrons. The lowest BCUT2D eigenvalue weighted by atomic mass is 10.2. The molecule has 27 heavy (non-hydrogen) atoms. The summed E-state index contributed by atoms with van der Waals surface area (Å²) < 4.78 is 6.53. The molecule has 1 fully saturated rings. The Hall–Kier alpha value is -3.23. The first-order valence-electron chi connectivity index (χ1n) is 8.62. The molecule has 0 unspecified atom stereocenters. The summed E-state index contributed by atoms with van der Waals surface area (Å²) in [5.41, 5.74) is 0.375. The number of nitrogens with zero attached hydrogens (tertiary/aromatic N) is 3. The van der Waals surface area contributed by atoms with Crippen LogP contribution in [0.2, 0.25) is 0 Å². The van der Waals surface area contributed by atoms with Crippen molar-refractivity contribution in [1.29, 1.82) is 0 Å². The fourth-order valence-corrected chi connectivity index (χ4v) is 2.91. The maximum atomic E-state index is 12.4. The van der Waals surface area contributed by atoms with Gasteiger partial charge in [0.15, 0.2) is 6.10 Å². The molecule has 3 amide bonds. The van der Waals surface area contributed by atoms with E-state index in [1.807, 2.05) is 0 Å². The summed E-state index contributed by atoms with van der Waals surface area (Å²) in [5.74, 6) is -0.707. The van der Waals surface area contributed by atoms with Crippen molar-refractivity contribution in [3.05, 3.63) is 40.4 Å². The van der Waals surface area contributed by atoms with Crippen LogP contribution in [0.15, 0.2) is 29.1 Å². The molecule has 0 aliphatic carbocycles. The zero-order valence-corrected chi connectivity index (χ0v) is 15.1. The molecule has 3 rings (SSSR count). The molecule has 1 aliphatic rings. The highest BCUT2D eigenvalue weighted by Gasteiger charge is 2.31. The van der Waals surface area contributed by atoms with Gasteiger partial charge in [0.2, 0.25) is 0 Å². The number of imide groups is 1. The molecule has 0 spiro atoms. The number of nitrogens with one attached hydrogen (secondary N) is 1. The number of aryl methyl sites for hydroxylation is 1. The molecule has 1 atom stereocenters. The highest BCUT2D eigenvalue weighted by atomic mass is 16.5. The number of amides is 3. The molecule has 1 aliphatic heterocycles. The zero-order valence-electron chi connectivity index (χ0n) is 15.1. The van der Waals surface area contributed by atoms with Gasteiger partial charge < -0.3 is 10.1 Å². The van der Waals surface area contributed by atoms with E-state index in [1.54, 1.807) is 31.3 Å². The minimum Gasteiger partial charge on any atom is -0.453 e. The summed E-state index contributed by atoms with van der Waals surface area (Å²) in [6.07, 6.45) is -0.905. The number of urea groups is 1. The maximum absolute atomic E-state index is 12.4. The van der Waals surface area contributed by atoms with E-state index >= 15 is 0 Å². The lowest BCUT2D eigenvalue weighted by Crippen LogP contribution is -2.41. The SMILES string of the molecule is C[C@H](OC(=O)CCc1nc2ccccc2c(=O)n1C)C(=O)N1CCNC1=O. The molecular weight excluding hydrogens is 352 g/mol. The number of hydrogen-bond donors (Lipinski definition) is 1. The quantitative estimate of drug-likeness (QED) is 0.758. The van der Waals surface area contributed by atoms with Gasteiger partial charge in [0.05, 0.1) is 17.3 Å². The van der Waals surface area contributed by atoms with Crippen LogP contribution in [0.5, 0.6) is 0 Å². The van der Waals surface area contributed by atoms with Crippen LogP contribution in [0.4, 0.5) is 4.79 Å². The third-order valence-corrected chi connectivity index (χ3v) is 4.41. The molecule has 1 aromatic carbocycles. The number of esters is 1. The molecule has 1 N–H and O–H groups in total. The molecule has 2 aromatic rings. The van der Waals surface area contributed by atoms with E-state index < -0.39 is 24.0 Å². The molecule has 9 nitrogen and oxygen atoms in total. The van der Waals surface area contributed by atoms with Gasteiger partial charge in [0.1, 0.15) is 5.82 Å². The zero-order chi connectivity index (χ0) is 19.6. The number of rotatable bonds is 5. The van der Waals surface area contributed by atoms with Crippen LogP contribution in [0.25, 0.3) is 10.9 Å². The van der Waals surface area contributed by atoms with E-state index in [9.17, 15) is 19.2 Å². The van der Waals surface area contributed by atoms with Crippen LogP contribution in [0.1, 0.15) is 19.2 Å². The van der Waals surface area contributed by atoms with Crippen LogP contribution in [0, 0.1) is 0 Å². The Morgan fingerprint density at radius 1 is 1.30 bits per heavy atom. The van der Waals surface area contributed by atoms with Crippen LogP contribution in [-0.4, -0.2) is 51.6 Å². The van der Waals surface area contributed by atoms with E-state index in [0.29, 0.717) is 23.3 Å². The third-order valence-electron chi connectivity index (χ3n) is 4.41. The van der Waals surface area contributed by atoms with Gasteiger partial charge in [-0.05, 0) is 19.1 Å². The second-order valence-corrected chi connectivity index (χ2v) is 6.26. The number of para-hydroxylation sites is 1. The molecule has 1 aromatic heterocycles. The van der Waals surface area contributed by atoms with Gasteiger partial charge in [0.25, 0.3) is 11.5 Å². The Labute approximate surface area is 154 Å². The maximum Gasteiger partial charge on any atom is 0.324 e. The summed E-state index contributed by atoms with van der Waals surface area (Å²) in [5, 5.41) is 3.03. The fraction of sp³-hybridized carbons (Fsp3) is 0.389. The van der Waals surface area contributed by atoms with E-state index in [-0.39, 0.29) is 24.9 Å². The average molecular weight is 372 g/mol. The minimum absolute atomic E-state index is 0.0392. The smallest absolute Gasteiger partial charge is 0.324 e. The van der Waals surface area contributed by atoms with Crippen molar-refractivity contribution >= 4 is 28.8 Å². The number of ether oxygens (including phenoxy) is 1. The first-order chi connectivity index (χ1) is 12.9. The third kappa shape index (κ3) is 3.81. The van der Waals surface area contributed by atoms with Gasteiger partial charge in [-0.1, -0.05) is 12.1 Å². The van der Waals surface area contributed by atoms with E-state index in [4.69, 9.17) is 4.74 Å². The second-order valence-electron chi connectivity index (χ2n) is 6.26. The largest absolute Gasteiger partial charge is 0.453 e. The summed E-state index contributed by atoms with van der Waals surface area (Å²) in [7, 11) is 1.60. The van der Waals surface area contributed by atoms with Crippen LogP contribution in [-0.2, 0) is 27.8 Å². The summed E-state index contributed by atoms with van der Waals surface area (Å²) >= 11 is 0. The van der Waals surface area contributed by atoms with Crippen molar-refractivity contribution in [2.45, 2.75) is 25.9 Å². The second kappa shape index (κ2) is 7.56. The standard InChI is InChI=1S/C18H20N4O5/c1-11(16(24)22-10-9-19-18(22)26)27-15(23)8-7-14-20-13-6-4-3-5-12(13)17(25)21(14)2/h3-6,11H,7-10H2,1-2H3,(H,19,26)/t11-/m0/s1. The van der Waals surface area contributed by atoms with Gasteiger partial charge >= 0.3 is 12.0 Å². The average Bonchev–Trinajstić information content (AvgIpc) is 3.08. The lowest BCUT2D eigenvalue weighted by Gasteiger charge is -2.18. The van der Waals surface area contributed by atoms with Gasteiger partial charge in [-0.15, -0.1) is 0 Å². The highest BCUT2D eigenvalue weighted by molar-refractivity contribution is 5.98. The Kier molecular flexibility index (Phi) is 5.20. The Balaban J connectivity index is 1.63. The molecule has 0 saturated carbocycles. The molecule has 9 heteroatoms. The summed E-state index contributed by atoms with van der Waals surface area (Å²) in [4.78, 5) is 53.5.